The Hall–Kier alpha value is -2.22. The van der Waals surface area contributed by atoms with E-state index in [4.69, 9.17) is 9.52 Å². The van der Waals surface area contributed by atoms with Crippen LogP contribution in [0.3, 0.4) is 0 Å². The summed E-state index contributed by atoms with van der Waals surface area (Å²) in [4.78, 5) is 41.7. The highest BCUT2D eigenvalue weighted by molar-refractivity contribution is 7.20. The maximum atomic E-state index is 12.5. The minimum Gasteiger partial charge on any atom is -0.481 e. The second-order valence-corrected chi connectivity index (χ2v) is 6.60. The van der Waals surface area contributed by atoms with Crippen molar-refractivity contribution >= 4 is 33.4 Å². The Morgan fingerprint density at radius 3 is 2.61 bits per heavy atom. The average Bonchev–Trinajstić information content (AvgIpc) is 2.81. The van der Waals surface area contributed by atoms with Gasteiger partial charge in [-0.15, -0.1) is 11.3 Å². The van der Waals surface area contributed by atoms with Crippen molar-refractivity contribution in [2.75, 3.05) is 13.6 Å². The maximum Gasteiger partial charge on any atom is 0.348 e. The summed E-state index contributed by atoms with van der Waals surface area (Å²) in [6.45, 7) is 5.50. The molecule has 0 aliphatic rings. The van der Waals surface area contributed by atoms with Gasteiger partial charge in [0.25, 0.3) is 5.91 Å². The zero-order valence-electron chi connectivity index (χ0n) is 13.4. The third-order valence-corrected chi connectivity index (χ3v) is 4.61. The van der Waals surface area contributed by atoms with Crippen molar-refractivity contribution in [2.24, 2.45) is 0 Å². The van der Waals surface area contributed by atoms with Crippen molar-refractivity contribution in [3.63, 3.8) is 0 Å². The number of carbonyl (C=O) groups excluding carboxylic acids is 1. The number of carbonyl (C=O) groups is 2. The molecule has 8 heteroatoms. The van der Waals surface area contributed by atoms with Crippen molar-refractivity contribution in [3.05, 3.63) is 26.8 Å². The van der Waals surface area contributed by atoms with Crippen LogP contribution in [-0.4, -0.2) is 40.5 Å². The van der Waals surface area contributed by atoms with Crippen LogP contribution in [0.5, 0.6) is 0 Å². The predicted octanol–water partition coefficient (Wildman–Crippen LogP) is 2.23. The number of aromatic nitrogens is 1. The van der Waals surface area contributed by atoms with E-state index in [0.717, 1.165) is 11.3 Å². The molecule has 0 atom stereocenters. The summed E-state index contributed by atoms with van der Waals surface area (Å²) in [5, 5.41) is 9.02. The Morgan fingerprint density at radius 1 is 1.39 bits per heavy atom. The topological polar surface area (TPSA) is 101 Å². The van der Waals surface area contributed by atoms with Crippen molar-refractivity contribution in [3.8, 4) is 0 Å². The quantitative estimate of drug-likeness (QED) is 0.897. The summed E-state index contributed by atoms with van der Waals surface area (Å²) in [5.74, 6) is -0.993. The van der Waals surface area contributed by atoms with Crippen LogP contribution in [0, 0.1) is 6.92 Å². The molecule has 0 bridgehead atoms. The van der Waals surface area contributed by atoms with E-state index in [2.05, 4.69) is 4.98 Å². The van der Waals surface area contributed by atoms with Crippen LogP contribution in [0.4, 0.5) is 0 Å². The number of aryl methyl sites for hydroxylation is 1. The predicted molar refractivity (Wildman–Crippen MR) is 86.2 cm³/mol. The highest BCUT2D eigenvalue weighted by atomic mass is 32.1. The number of carboxylic acid groups (broad SMARTS) is 1. The molecule has 0 aromatic carbocycles. The zero-order chi connectivity index (χ0) is 17.3. The lowest BCUT2D eigenvalue weighted by atomic mass is 10.2. The lowest BCUT2D eigenvalue weighted by molar-refractivity contribution is -0.137. The van der Waals surface area contributed by atoms with E-state index in [9.17, 15) is 14.4 Å². The second kappa shape index (κ2) is 6.49. The van der Waals surface area contributed by atoms with E-state index >= 15 is 0 Å². The molecule has 2 rings (SSSR count). The number of nitrogens with zero attached hydrogens (tertiary/aromatic N) is 2. The molecule has 0 spiro atoms. The van der Waals surface area contributed by atoms with Crippen molar-refractivity contribution in [2.45, 2.75) is 33.1 Å². The molecule has 2 heterocycles. The third kappa shape index (κ3) is 3.42. The largest absolute Gasteiger partial charge is 0.481 e. The van der Waals surface area contributed by atoms with E-state index < -0.39 is 11.6 Å². The summed E-state index contributed by atoms with van der Waals surface area (Å²) >= 11 is 1.13. The van der Waals surface area contributed by atoms with Gasteiger partial charge in [0.15, 0.2) is 0 Å². The van der Waals surface area contributed by atoms with E-state index in [-0.39, 0.29) is 24.8 Å². The highest BCUT2D eigenvalue weighted by Gasteiger charge is 2.23. The lowest BCUT2D eigenvalue weighted by Gasteiger charge is -2.15. The number of carboxylic acids is 1. The molecule has 0 saturated carbocycles. The molecular weight excluding hydrogens is 320 g/mol. The van der Waals surface area contributed by atoms with Gasteiger partial charge in [-0.2, -0.15) is 0 Å². The molecule has 2 aromatic heterocycles. The van der Waals surface area contributed by atoms with Gasteiger partial charge >= 0.3 is 11.6 Å². The number of hydrogen-bond acceptors (Lipinski definition) is 6. The minimum atomic E-state index is -0.971. The summed E-state index contributed by atoms with van der Waals surface area (Å²) in [7, 11) is 1.53. The number of hydrogen-bond donors (Lipinski definition) is 1. The third-order valence-electron chi connectivity index (χ3n) is 3.44. The zero-order valence-corrected chi connectivity index (χ0v) is 14.2. The van der Waals surface area contributed by atoms with Crippen LogP contribution in [0.2, 0.25) is 0 Å². The summed E-state index contributed by atoms with van der Waals surface area (Å²) in [6, 6.07) is 0. The van der Waals surface area contributed by atoms with Crippen LogP contribution < -0.4 is 5.63 Å². The minimum absolute atomic E-state index is 0.0353. The molecule has 0 fully saturated rings. The van der Waals surface area contributed by atoms with E-state index in [0.29, 0.717) is 26.5 Å². The van der Waals surface area contributed by atoms with Gasteiger partial charge in [0.05, 0.1) is 11.3 Å². The van der Waals surface area contributed by atoms with Crippen LogP contribution in [0.25, 0.3) is 10.2 Å². The molecule has 1 amide bonds. The summed E-state index contributed by atoms with van der Waals surface area (Å²) in [5.41, 5.74) is 0.0217. The summed E-state index contributed by atoms with van der Waals surface area (Å²) in [6.07, 6.45) is -0.135. The number of amides is 1. The number of fused-ring (bicyclic) bond motifs is 1. The molecular formula is C15H18N2O5S. The fraction of sp³-hybridized carbons (Fsp3) is 0.467. The van der Waals surface area contributed by atoms with Crippen LogP contribution in [0.15, 0.2) is 9.21 Å². The fourth-order valence-electron chi connectivity index (χ4n) is 2.08. The lowest BCUT2D eigenvalue weighted by Crippen LogP contribution is -2.28. The monoisotopic (exact) mass is 338 g/mol. The molecule has 0 aliphatic carbocycles. The van der Waals surface area contributed by atoms with E-state index in [1.165, 1.54) is 11.9 Å². The van der Waals surface area contributed by atoms with Gasteiger partial charge in [-0.1, -0.05) is 13.8 Å². The Balaban J connectivity index is 2.44. The van der Waals surface area contributed by atoms with Gasteiger partial charge in [0.2, 0.25) is 5.89 Å². The first-order valence-corrected chi connectivity index (χ1v) is 7.95. The van der Waals surface area contributed by atoms with Gasteiger partial charge in [0.1, 0.15) is 10.2 Å². The first kappa shape index (κ1) is 17.1. The first-order chi connectivity index (χ1) is 10.7. The van der Waals surface area contributed by atoms with E-state index in [1.807, 2.05) is 13.8 Å². The molecule has 0 saturated heterocycles. The van der Waals surface area contributed by atoms with Crippen LogP contribution in [0.1, 0.15) is 47.3 Å². The average molecular weight is 338 g/mol. The normalized spacial score (nSPS) is 11.2. The molecule has 1 N–H and O–H groups in total. The number of aliphatic carboxylic acids is 1. The highest BCUT2D eigenvalue weighted by Crippen LogP contribution is 2.29. The van der Waals surface area contributed by atoms with Crippen LogP contribution in [-0.2, 0) is 4.79 Å². The van der Waals surface area contributed by atoms with Gasteiger partial charge in [-0.3, -0.25) is 9.59 Å². The molecule has 2 aromatic rings. The molecule has 7 nitrogen and oxygen atoms in total. The van der Waals surface area contributed by atoms with Crippen molar-refractivity contribution in [1.82, 2.24) is 9.88 Å². The Morgan fingerprint density at radius 2 is 2.04 bits per heavy atom. The SMILES string of the molecule is Cc1c(C(=O)N(C)CCC(=O)O)sc2nc(C(C)C)oc(=O)c12. The summed E-state index contributed by atoms with van der Waals surface area (Å²) < 4.78 is 5.20. The van der Waals surface area contributed by atoms with Crippen LogP contribution >= 0.6 is 11.3 Å². The van der Waals surface area contributed by atoms with Crippen molar-refractivity contribution < 1.29 is 19.1 Å². The van der Waals surface area contributed by atoms with Gasteiger partial charge in [-0.25, -0.2) is 9.78 Å². The standard InChI is InChI=1S/C15H18N2O5S/c1-7(2)12-16-13-10(15(21)22-12)8(3)11(23-13)14(20)17(4)6-5-9(18)19/h7H,5-6H2,1-4H3,(H,18,19). The maximum absolute atomic E-state index is 12.5. The van der Waals surface area contributed by atoms with Gasteiger partial charge in [-0.05, 0) is 12.5 Å². The smallest absolute Gasteiger partial charge is 0.348 e. The van der Waals surface area contributed by atoms with Crippen molar-refractivity contribution in [1.29, 1.82) is 0 Å². The number of thiophene rings is 1. The van der Waals surface area contributed by atoms with Gasteiger partial charge in [0, 0.05) is 19.5 Å². The van der Waals surface area contributed by atoms with E-state index in [1.54, 1.807) is 6.92 Å². The fourth-order valence-corrected chi connectivity index (χ4v) is 3.24. The molecule has 0 aliphatic heterocycles. The Kier molecular flexibility index (Phi) is 4.84. The first-order valence-electron chi connectivity index (χ1n) is 7.13. The Labute approximate surface area is 136 Å². The molecule has 0 unspecified atom stereocenters. The Bertz CT molecular complexity index is 821. The molecule has 124 valence electrons. The second-order valence-electron chi connectivity index (χ2n) is 5.60. The van der Waals surface area contributed by atoms with Gasteiger partial charge < -0.3 is 14.4 Å². The molecule has 0 radical (unpaired) electrons. The number of rotatable bonds is 5. The molecule has 23 heavy (non-hydrogen) atoms.